The highest BCUT2D eigenvalue weighted by molar-refractivity contribution is 6.31. The van der Waals surface area contributed by atoms with E-state index in [0.717, 1.165) is 0 Å². The molecule has 1 atom stereocenters. The van der Waals surface area contributed by atoms with E-state index in [9.17, 15) is 19.8 Å². The fourth-order valence-corrected chi connectivity index (χ4v) is 3.65. The van der Waals surface area contributed by atoms with Gasteiger partial charge in [-0.25, -0.2) is 0 Å². The third-order valence-electron chi connectivity index (χ3n) is 4.80. The van der Waals surface area contributed by atoms with Crippen molar-refractivity contribution < 1.29 is 29.0 Å². The van der Waals surface area contributed by atoms with Gasteiger partial charge in [0.2, 0.25) is 5.78 Å². The molecule has 0 fully saturated rings. The molecule has 7 nitrogen and oxygen atoms in total. The normalized spacial score (nSPS) is 16.3. The van der Waals surface area contributed by atoms with Gasteiger partial charge in [0.25, 0.3) is 5.91 Å². The smallest absolute Gasteiger partial charge is 0.294 e. The zero-order valence-corrected chi connectivity index (χ0v) is 16.5. The van der Waals surface area contributed by atoms with Crippen LogP contribution in [0, 0.1) is 0 Å². The molecular formula is C22H16ClNO6. The number of ketones is 1. The lowest BCUT2D eigenvalue weighted by atomic mass is 9.94. The van der Waals surface area contributed by atoms with Crippen LogP contribution in [-0.4, -0.2) is 29.0 Å². The Kier molecular flexibility index (Phi) is 4.97. The minimum absolute atomic E-state index is 0.0278. The molecule has 152 valence electrons. The molecule has 1 aromatic heterocycles. The first-order valence-corrected chi connectivity index (χ1v) is 9.27. The summed E-state index contributed by atoms with van der Waals surface area (Å²) in [6, 6.07) is 12.9. The number of phenolic OH excluding ortho intramolecular Hbond substituents is 1. The Morgan fingerprint density at radius 1 is 1.13 bits per heavy atom. The minimum atomic E-state index is -1.02. The van der Waals surface area contributed by atoms with Crippen LogP contribution in [0.25, 0.3) is 0 Å². The lowest BCUT2D eigenvalue weighted by Gasteiger charge is -2.27. The number of benzene rings is 2. The van der Waals surface area contributed by atoms with E-state index in [-0.39, 0.29) is 22.8 Å². The van der Waals surface area contributed by atoms with Gasteiger partial charge in [-0.05, 0) is 48.0 Å². The Morgan fingerprint density at radius 3 is 2.57 bits per heavy atom. The number of aromatic hydroxyl groups is 1. The van der Waals surface area contributed by atoms with E-state index < -0.39 is 23.5 Å². The van der Waals surface area contributed by atoms with Gasteiger partial charge in [0.15, 0.2) is 23.0 Å². The predicted octanol–water partition coefficient (Wildman–Crippen LogP) is 4.43. The number of carbonyl (C=O) groups is 2. The van der Waals surface area contributed by atoms with Crippen LogP contribution in [0.15, 0.2) is 76.6 Å². The number of nitrogens with zero attached hydrogens (tertiary/aromatic N) is 1. The lowest BCUT2D eigenvalue weighted by Crippen LogP contribution is -2.31. The fraction of sp³-hybridized carbons (Fsp3) is 0.0909. The Morgan fingerprint density at radius 2 is 1.93 bits per heavy atom. The van der Waals surface area contributed by atoms with Crippen LogP contribution < -0.4 is 9.64 Å². The molecule has 0 aliphatic carbocycles. The Labute approximate surface area is 176 Å². The number of hydrogen-bond donors (Lipinski definition) is 2. The van der Waals surface area contributed by atoms with E-state index in [2.05, 4.69) is 0 Å². The molecule has 8 heteroatoms. The van der Waals surface area contributed by atoms with E-state index in [1.807, 2.05) is 0 Å². The molecule has 2 aromatic carbocycles. The summed E-state index contributed by atoms with van der Waals surface area (Å²) in [5.74, 6) is -2.09. The van der Waals surface area contributed by atoms with Crippen molar-refractivity contribution in [2.45, 2.75) is 6.04 Å². The molecule has 0 saturated heterocycles. The van der Waals surface area contributed by atoms with Gasteiger partial charge in [-0.2, -0.15) is 0 Å². The van der Waals surface area contributed by atoms with E-state index in [1.54, 1.807) is 30.3 Å². The number of aliphatic hydroxyl groups is 1. The van der Waals surface area contributed by atoms with Gasteiger partial charge in [0.05, 0.1) is 25.0 Å². The van der Waals surface area contributed by atoms with Crippen molar-refractivity contribution in [1.82, 2.24) is 0 Å². The van der Waals surface area contributed by atoms with Gasteiger partial charge < -0.3 is 19.4 Å². The minimum Gasteiger partial charge on any atom is -0.504 e. The van der Waals surface area contributed by atoms with Gasteiger partial charge in [0, 0.05) is 10.7 Å². The van der Waals surface area contributed by atoms with Gasteiger partial charge in [-0.15, -0.1) is 0 Å². The third-order valence-corrected chi connectivity index (χ3v) is 5.04. The summed E-state index contributed by atoms with van der Waals surface area (Å²) in [6.07, 6.45) is 1.32. The molecule has 3 aromatic rings. The molecule has 1 aliphatic rings. The van der Waals surface area contributed by atoms with Crippen LogP contribution in [0.3, 0.4) is 0 Å². The number of carbonyl (C=O) groups excluding carboxylic acids is 2. The summed E-state index contributed by atoms with van der Waals surface area (Å²) in [5.41, 5.74) is 0.599. The standard InChI is InChI=1S/C22H16ClNO6/c1-29-16-8-7-12(10-15(16)25)19-18(20(26)17-6-3-9-30-17)21(27)22(28)24(19)14-5-2-4-13(23)11-14/h2-11,19,25,27H,1H3. The molecule has 30 heavy (non-hydrogen) atoms. The number of Topliss-reactive ketones (excluding diaryl/α,β-unsaturated/α-hetero) is 1. The maximum atomic E-state index is 13.1. The van der Waals surface area contributed by atoms with Crippen molar-refractivity contribution in [3.63, 3.8) is 0 Å². The Balaban J connectivity index is 1.90. The molecule has 1 unspecified atom stereocenters. The second-order valence-corrected chi connectivity index (χ2v) is 6.99. The Bertz CT molecular complexity index is 1170. The quantitative estimate of drug-likeness (QED) is 0.586. The third kappa shape index (κ3) is 3.19. The molecule has 2 heterocycles. The summed E-state index contributed by atoms with van der Waals surface area (Å²) in [7, 11) is 1.41. The maximum Gasteiger partial charge on any atom is 0.294 e. The van der Waals surface area contributed by atoms with E-state index >= 15 is 0 Å². The predicted molar refractivity (Wildman–Crippen MR) is 109 cm³/mol. The molecule has 1 amide bonds. The van der Waals surface area contributed by atoms with Crippen molar-refractivity contribution in [2.24, 2.45) is 0 Å². The number of hydrogen-bond acceptors (Lipinski definition) is 6. The van der Waals surface area contributed by atoms with Crippen LogP contribution in [0.5, 0.6) is 11.5 Å². The number of methoxy groups -OCH3 is 1. The number of ether oxygens (including phenoxy) is 1. The van der Waals surface area contributed by atoms with Crippen molar-refractivity contribution in [3.8, 4) is 11.5 Å². The number of rotatable bonds is 5. The van der Waals surface area contributed by atoms with Crippen molar-refractivity contribution >= 4 is 29.0 Å². The first kappa shape index (κ1) is 19.6. The van der Waals surface area contributed by atoms with Crippen molar-refractivity contribution in [1.29, 1.82) is 0 Å². The fourth-order valence-electron chi connectivity index (χ4n) is 3.46. The number of amides is 1. The SMILES string of the molecule is COc1ccc(C2C(C(=O)c3ccco3)=C(O)C(=O)N2c2cccc(Cl)c2)cc1O. The second kappa shape index (κ2) is 7.61. The number of aliphatic hydroxyl groups excluding tert-OH is 1. The van der Waals surface area contributed by atoms with Crippen LogP contribution in [0.2, 0.25) is 5.02 Å². The molecule has 1 aliphatic heterocycles. The van der Waals surface area contributed by atoms with Gasteiger partial charge >= 0.3 is 0 Å². The van der Waals surface area contributed by atoms with Crippen LogP contribution in [-0.2, 0) is 4.79 Å². The first-order valence-electron chi connectivity index (χ1n) is 8.89. The van der Waals surface area contributed by atoms with E-state index in [0.29, 0.717) is 16.3 Å². The first-order chi connectivity index (χ1) is 14.4. The maximum absolute atomic E-state index is 13.1. The number of furan rings is 1. The highest BCUT2D eigenvalue weighted by Crippen LogP contribution is 2.44. The number of halogens is 1. The highest BCUT2D eigenvalue weighted by Gasteiger charge is 2.45. The van der Waals surface area contributed by atoms with Crippen LogP contribution in [0.1, 0.15) is 22.2 Å². The van der Waals surface area contributed by atoms with Gasteiger partial charge in [-0.1, -0.05) is 23.7 Å². The average molecular weight is 426 g/mol. The molecule has 0 spiro atoms. The molecule has 0 bridgehead atoms. The highest BCUT2D eigenvalue weighted by atomic mass is 35.5. The topological polar surface area (TPSA) is 100 Å². The van der Waals surface area contributed by atoms with Gasteiger partial charge in [0.1, 0.15) is 0 Å². The molecule has 0 radical (unpaired) electrons. The summed E-state index contributed by atoms with van der Waals surface area (Å²) in [4.78, 5) is 27.3. The Hall–Kier alpha value is -3.71. The largest absolute Gasteiger partial charge is 0.504 e. The van der Waals surface area contributed by atoms with Crippen molar-refractivity contribution in [2.75, 3.05) is 12.0 Å². The van der Waals surface area contributed by atoms with Crippen LogP contribution >= 0.6 is 11.6 Å². The number of anilines is 1. The zero-order chi connectivity index (χ0) is 21.4. The molecule has 4 rings (SSSR count). The lowest BCUT2D eigenvalue weighted by molar-refractivity contribution is -0.117. The van der Waals surface area contributed by atoms with Crippen molar-refractivity contribution in [3.05, 3.63) is 88.5 Å². The molecule has 0 saturated carbocycles. The summed E-state index contributed by atoms with van der Waals surface area (Å²) in [5, 5.41) is 21.3. The average Bonchev–Trinajstić information content (AvgIpc) is 3.35. The summed E-state index contributed by atoms with van der Waals surface area (Å²) < 4.78 is 10.3. The molecule has 2 N–H and O–H groups in total. The zero-order valence-electron chi connectivity index (χ0n) is 15.7. The van der Waals surface area contributed by atoms with Crippen LogP contribution in [0.4, 0.5) is 5.69 Å². The van der Waals surface area contributed by atoms with E-state index in [4.69, 9.17) is 20.8 Å². The van der Waals surface area contributed by atoms with E-state index in [1.165, 1.54) is 42.5 Å². The molecular weight excluding hydrogens is 410 g/mol. The summed E-state index contributed by atoms with van der Waals surface area (Å²) >= 11 is 6.09. The monoisotopic (exact) mass is 425 g/mol. The number of phenols is 1. The van der Waals surface area contributed by atoms with Gasteiger partial charge in [-0.3, -0.25) is 14.5 Å². The summed E-state index contributed by atoms with van der Waals surface area (Å²) in [6.45, 7) is 0. The second-order valence-electron chi connectivity index (χ2n) is 6.56.